The third kappa shape index (κ3) is 4.51. The van der Waals surface area contributed by atoms with Gasteiger partial charge < -0.3 is 4.74 Å². The van der Waals surface area contributed by atoms with Crippen LogP contribution < -0.4 is 0 Å². The first-order valence-electron chi connectivity index (χ1n) is 3.93. The van der Waals surface area contributed by atoms with E-state index in [0.717, 1.165) is 6.42 Å². The van der Waals surface area contributed by atoms with Crippen molar-refractivity contribution in [3.63, 3.8) is 0 Å². The number of ether oxygens (including phenoxy) is 1. The molecule has 0 aliphatic carbocycles. The molecule has 0 bridgehead atoms. The molecule has 3 nitrogen and oxygen atoms in total. The van der Waals surface area contributed by atoms with E-state index < -0.39 is 6.10 Å². The van der Waals surface area contributed by atoms with Gasteiger partial charge in [0.15, 0.2) is 0 Å². The number of nitriles is 1. The van der Waals surface area contributed by atoms with E-state index >= 15 is 0 Å². The van der Waals surface area contributed by atoms with Gasteiger partial charge in [0.2, 0.25) is 0 Å². The summed E-state index contributed by atoms with van der Waals surface area (Å²) in [4.78, 5) is 10.9. The second-order valence-corrected chi connectivity index (χ2v) is 2.38. The van der Waals surface area contributed by atoms with Gasteiger partial charge in [-0.25, -0.2) is 0 Å². The molecule has 0 radical (unpaired) electrons. The monoisotopic (exact) mass is 167 g/mol. The van der Waals surface area contributed by atoms with Crippen LogP contribution in [0.5, 0.6) is 0 Å². The van der Waals surface area contributed by atoms with Gasteiger partial charge in [-0.15, -0.1) is 0 Å². The van der Waals surface area contributed by atoms with Gasteiger partial charge >= 0.3 is 5.97 Å². The van der Waals surface area contributed by atoms with E-state index in [2.05, 4.69) is 6.58 Å². The second kappa shape index (κ2) is 6.41. The van der Waals surface area contributed by atoms with E-state index in [1.165, 1.54) is 6.08 Å². The van der Waals surface area contributed by atoms with Gasteiger partial charge in [0.1, 0.15) is 6.10 Å². The Hall–Kier alpha value is -1.30. The molecular formula is C9H13NO2. The Morgan fingerprint density at radius 2 is 2.50 bits per heavy atom. The van der Waals surface area contributed by atoms with Gasteiger partial charge in [-0.05, 0) is 6.42 Å². The molecule has 0 spiro atoms. The van der Waals surface area contributed by atoms with Crippen molar-refractivity contribution in [2.75, 3.05) is 0 Å². The second-order valence-electron chi connectivity index (χ2n) is 2.38. The summed E-state index contributed by atoms with van der Waals surface area (Å²) in [6.07, 6.45) is 2.36. The molecule has 3 heteroatoms. The predicted molar refractivity (Wildman–Crippen MR) is 45.2 cm³/mol. The molecule has 0 saturated heterocycles. The molecule has 0 rings (SSSR count). The minimum Gasteiger partial charge on any atom is -0.457 e. The fourth-order valence-electron chi connectivity index (χ4n) is 0.695. The highest BCUT2D eigenvalue weighted by atomic mass is 16.5. The van der Waals surface area contributed by atoms with Crippen molar-refractivity contribution in [3.8, 4) is 6.07 Å². The molecule has 0 aliphatic heterocycles. The van der Waals surface area contributed by atoms with E-state index in [1.807, 2.05) is 13.0 Å². The normalized spacial score (nSPS) is 11.3. The van der Waals surface area contributed by atoms with Crippen LogP contribution in [0.1, 0.15) is 26.2 Å². The van der Waals surface area contributed by atoms with Crippen molar-refractivity contribution in [2.45, 2.75) is 32.3 Å². The highest BCUT2D eigenvalue weighted by Gasteiger charge is 2.08. The molecular weight excluding hydrogens is 154 g/mol. The van der Waals surface area contributed by atoms with Gasteiger partial charge in [-0.2, -0.15) is 5.26 Å². The van der Waals surface area contributed by atoms with Gasteiger partial charge in [0.25, 0.3) is 0 Å². The summed E-state index contributed by atoms with van der Waals surface area (Å²) >= 11 is 0. The first kappa shape index (κ1) is 10.7. The number of rotatable bonds is 5. The lowest BCUT2D eigenvalue weighted by Gasteiger charge is -2.09. The molecule has 0 aromatic heterocycles. The van der Waals surface area contributed by atoms with Crippen LogP contribution in [0.2, 0.25) is 0 Å². The van der Waals surface area contributed by atoms with E-state index in [-0.39, 0.29) is 12.4 Å². The Kier molecular flexibility index (Phi) is 5.72. The first-order valence-corrected chi connectivity index (χ1v) is 3.93. The maximum Gasteiger partial charge on any atom is 0.306 e. The average Bonchev–Trinajstić information content (AvgIpc) is 2.04. The highest BCUT2D eigenvalue weighted by Crippen LogP contribution is 2.02. The molecule has 0 saturated carbocycles. The van der Waals surface area contributed by atoms with Crippen LogP contribution in [0.4, 0.5) is 0 Å². The Morgan fingerprint density at radius 1 is 1.83 bits per heavy atom. The number of hydrogen-bond acceptors (Lipinski definition) is 3. The number of nitrogens with zero attached hydrogens (tertiary/aromatic N) is 1. The molecule has 0 amide bonds. The Labute approximate surface area is 72.6 Å². The fraction of sp³-hybridized carbons (Fsp3) is 0.556. The number of esters is 1. The highest BCUT2D eigenvalue weighted by molar-refractivity contribution is 5.69. The van der Waals surface area contributed by atoms with Gasteiger partial charge in [0.05, 0.1) is 12.5 Å². The zero-order valence-electron chi connectivity index (χ0n) is 7.25. The topological polar surface area (TPSA) is 50.1 Å². The van der Waals surface area contributed by atoms with Crippen LogP contribution in [0.25, 0.3) is 0 Å². The molecule has 0 fully saturated rings. The zero-order valence-corrected chi connectivity index (χ0v) is 7.25. The summed E-state index contributed by atoms with van der Waals surface area (Å²) in [5.74, 6) is -0.266. The van der Waals surface area contributed by atoms with Gasteiger partial charge in [0, 0.05) is 6.42 Å². The molecule has 1 unspecified atom stereocenters. The lowest BCUT2D eigenvalue weighted by atomic mass is 10.2. The summed E-state index contributed by atoms with van der Waals surface area (Å²) < 4.78 is 4.90. The average molecular weight is 167 g/mol. The van der Waals surface area contributed by atoms with E-state index in [9.17, 15) is 4.79 Å². The van der Waals surface area contributed by atoms with Gasteiger partial charge in [-0.1, -0.05) is 19.6 Å². The van der Waals surface area contributed by atoms with Crippen LogP contribution in [-0.2, 0) is 9.53 Å². The minimum atomic E-state index is -0.450. The molecule has 66 valence electrons. The lowest BCUT2D eigenvalue weighted by molar-refractivity contribution is -0.146. The summed E-state index contributed by atoms with van der Waals surface area (Å²) in [7, 11) is 0. The number of hydrogen-bond donors (Lipinski definition) is 0. The van der Waals surface area contributed by atoms with E-state index in [4.69, 9.17) is 10.00 Å². The number of carbonyl (C=O) groups excluding carboxylic acids is 1. The smallest absolute Gasteiger partial charge is 0.306 e. The maximum absolute atomic E-state index is 10.9. The van der Waals surface area contributed by atoms with Crippen molar-refractivity contribution >= 4 is 5.97 Å². The molecule has 0 aliphatic rings. The Morgan fingerprint density at radius 3 is 2.92 bits per heavy atom. The van der Waals surface area contributed by atoms with E-state index in [0.29, 0.717) is 6.42 Å². The summed E-state index contributed by atoms with van der Waals surface area (Å²) in [6, 6.07) is 1.92. The summed E-state index contributed by atoms with van der Waals surface area (Å²) in [5, 5.41) is 8.32. The minimum absolute atomic E-state index is 0.180. The van der Waals surface area contributed by atoms with Crippen LogP contribution in [0.15, 0.2) is 12.7 Å². The third-order valence-electron chi connectivity index (χ3n) is 1.29. The van der Waals surface area contributed by atoms with Crippen molar-refractivity contribution in [1.82, 2.24) is 0 Å². The maximum atomic E-state index is 10.9. The first-order chi connectivity index (χ1) is 5.74. The van der Waals surface area contributed by atoms with Crippen molar-refractivity contribution in [2.24, 2.45) is 0 Å². The molecule has 0 N–H and O–H groups in total. The van der Waals surface area contributed by atoms with Gasteiger partial charge in [-0.3, -0.25) is 4.79 Å². The lowest BCUT2D eigenvalue weighted by Crippen LogP contribution is -2.14. The zero-order chi connectivity index (χ0) is 9.40. The molecule has 12 heavy (non-hydrogen) atoms. The van der Waals surface area contributed by atoms with E-state index in [1.54, 1.807) is 0 Å². The largest absolute Gasteiger partial charge is 0.457 e. The van der Waals surface area contributed by atoms with Crippen LogP contribution in [0.3, 0.4) is 0 Å². The fourth-order valence-corrected chi connectivity index (χ4v) is 0.695. The van der Waals surface area contributed by atoms with Crippen molar-refractivity contribution in [1.29, 1.82) is 5.26 Å². The summed E-state index contributed by atoms with van der Waals surface area (Å²) in [5.41, 5.74) is 0. The predicted octanol–water partition coefficient (Wildman–Crippen LogP) is 1.80. The van der Waals surface area contributed by atoms with Crippen LogP contribution in [0, 0.1) is 11.3 Å². The molecule has 0 heterocycles. The van der Waals surface area contributed by atoms with Crippen LogP contribution >= 0.6 is 0 Å². The molecule has 0 aromatic rings. The number of carbonyl (C=O) groups is 1. The standard InChI is InChI=1S/C9H13NO2/c1-3-5-9(11)12-8(4-2)6-7-10/h4,8H,2-3,5-6H2,1H3. The molecule has 0 aromatic carbocycles. The molecule has 1 atom stereocenters. The SMILES string of the molecule is C=CC(CC#N)OC(=O)CCC. The third-order valence-corrected chi connectivity index (χ3v) is 1.29. The van der Waals surface area contributed by atoms with Crippen molar-refractivity contribution in [3.05, 3.63) is 12.7 Å². The quantitative estimate of drug-likeness (QED) is 0.463. The Balaban J connectivity index is 3.78. The Bertz CT molecular complexity index is 193. The van der Waals surface area contributed by atoms with Crippen LogP contribution in [-0.4, -0.2) is 12.1 Å². The van der Waals surface area contributed by atoms with Crippen molar-refractivity contribution < 1.29 is 9.53 Å². The summed E-state index contributed by atoms with van der Waals surface area (Å²) in [6.45, 7) is 5.36.